The molecule has 4 heterocycles. The quantitative estimate of drug-likeness (QED) is 0.576. The summed E-state index contributed by atoms with van der Waals surface area (Å²) >= 11 is 7.63. The van der Waals surface area contributed by atoms with Crippen molar-refractivity contribution in [1.29, 1.82) is 0 Å². The molecule has 0 radical (unpaired) electrons. The standard InChI is InChI=1S/C23H28ClN5O6S2/c1-13-7-6-8-17(25-13)26-19(30)15-11-14(24)18(36-15)23-12-34-10-9-16(23)37(32,33)29(5)20(28-23)27-21(31)35-22(2,3)4/h6-8,11,16H,9-10,12H2,1-5H3,(H,25,26,30)(H,27,28,31). The van der Waals surface area contributed by atoms with Gasteiger partial charge in [-0.2, -0.15) is 0 Å². The summed E-state index contributed by atoms with van der Waals surface area (Å²) in [5, 5.41) is 4.33. The molecule has 2 N–H and O–H groups in total. The number of sulfonamides is 1. The number of aliphatic imine (C=N–C) groups is 1. The molecule has 0 aromatic carbocycles. The minimum Gasteiger partial charge on any atom is -0.444 e. The number of halogens is 1. The Labute approximate surface area is 224 Å². The second kappa shape index (κ2) is 9.86. The molecule has 2 aliphatic heterocycles. The number of thiophene rings is 1. The summed E-state index contributed by atoms with van der Waals surface area (Å²) in [7, 11) is -2.68. The predicted octanol–water partition coefficient (Wildman–Crippen LogP) is 3.50. The molecule has 2 aliphatic rings. The van der Waals surface area contributed by atoms with E-state index in [2.05, 4.69) is 20.6 Å². The van der Waals surface area contributed by atoms with Crippen LogP contribution >= 0.6 is 22.9 Å². The Morgan fingerprint density at radius 1 is 1.30 bits per heavy atom. The second-order valence-corrected chi connectivity index (χ2v) is 13.3. The Hall–Kier alpha value is -2.74. The number of pyridine rings is 1. The van der Waals surface area contributed by atoms with Crippen LogP contribution in [0, 0.1) is 6.92 Å². The van der Waals surface area contributed by atoms with Crippen LogP contribution in [0.3, 0.4) is 0 Å². The summed E-state index contributed by atoms with van der Waals surface area (Å²) in [5.41, 5.74) is -1.55. The third kappa shape index (κ3) is 5.44. The second-order valence-electron chi connectivity index (χ2n) is 9.73. The fourth-order valence-electron chi connectivity index (χ4n) is 4.15. The summed E-state index contributed by atoms with van der Waals surface area (Å²) in [6.07, 6.45) is -0.708. The number of ether oxygens (including phenoxy) is 2. The molecule has 1 fully saturated rings. The number of rotatable bonds is 3. The molecule has 0 saturated carbocycles. The number of nitrogens with zero attached hydrogens (tertiary/aromatic N) is 3. The molecule has 4 rings (SSSR count). The fraction of sp³-hybridized carbons (Fsp3) is 0.478. The zero-order valence-corrected chi connectivity index (χ0v) is 23.4. The van der Waals surface area contributed by atoms with Crippen LogP contribution in [0.25, 0.3) is 0 Å². The van der Waals surface area contributed by atoms with E-state index < -0.39 is 38.4 Å². The van der Waals surface area contributed by atoms with Crippen molar-refractivity contribution >= 4 is 56.7 Å². The van der Waals surface area contributed by atoms with Gasteiger partial charge in [-0.15, -0.1) is 11.3 Å². The van der Waals surface area contributed by atoms with E-state index in [4.69, 9.17) is 21.1 Å². The highest BCUT2D eigenvalue weighted by molar-refractivity contribution is 7.90. The molecule has 2 unspecified atom stereocenters. The zero-order valence-electron chi connectivity index (χ0n) is 21.0. The zero-order chi connectivity index (χ0) is 27.2. The Bertz CT molecular complexity index is 1370. The maximum absolute atomic E-state index is 13.6. The minimum atomic E-state index is -4.00. The van der Waals surface area contributed by atoms with Crippen molar-refractivity contribution in [2.45, 2.75) is 50.5 Å². The molecule has 2 atom stereocenters. The van der Waals surface area contributed by atoms with Crippen molar-refractivity contribution in [3.05, 3.63) is 44.7 Å². The van der Waals surface area contributed by atoms with E-state index in [0.29, 0.717) is 10.7 Å². The molecule has 2 amide bonds. The maximum atomic E-state index is 13.6. The SMILES string of the molecule is Cc1cccc(NC(=O)c2cc(Cl)c(C34COCCC3S(=O)(=O)N(C)C(NC(=O)OC(C)(C)C)=N4)s2)n1. The molecular formula is C23H28ClN5O6S2. The van der Waals surface area contributed by atoms with E-state index in [1.54, 1.807) is 45.9 Å². The summed E-state index contributed by atoms with van der Waals surface area (Å²) in [5.74, 6) is -0.305. The number of nitrogens with one attached hydrogen (secondary N) is 2. The van der Waals surface area contributed by atoms with Crippen LogP contribution in [-0.2, 0) is 25.0 Å². The lowest BCUT2D eigenvalue weighted by Gasteiger charge is -2.45. The van der Waals surface area contributed by atoms with Crippen molar-refractivity contribution in [3.8, 4) is 0 Å². The van der Waals surface area contributed by atoms with Crippen LogP contribution in [0.15, 0.2) is 29.3 Å². The Morgan fingerprint density at radius 2 is 2.03 bits per heavy atom. The van der Waals surface area contributed by atoms with Crippen molar-refractivity contribution in [2.75, 3.05) is 25.6 Å². The van der Waals surface area contributed by atoms with Gasteiger partial charge in [0.2, 0.25) is 16.0 Å². The van der Waals surface area contributed by atoms with E-state index in [-0.39, 0.29) is 35.5 Å². The van der Waals surface area contributed by atoms with Gasteiger partial charge in [-0.3, -0.25) is 10.1 Å². The number of hydrogen-bond acceptors (Lipinski definition) is 9. The monoisotopic (exact) mass is 569 g/mol. The molecule has 2 aromatic heterocycles. The van der Waals surface area contributed by atoms with Gasteiger partial charge >= 0.3 is 6.09 Å². The van der Waals surface area contributed by atoms with Gasteiger partial charge < -0.3 is 14.8 Å². The molecule has 1 saturated heterocycles. The van der Waals surface area contributed by atoms with Crippen LogP contribution in [0.1, 0.15) is 47.4 Å². The minimum absolute atomic E-state index is 0.106. The molecule has 37 heavy (non-hydrogen) atoms. The lowest BCUT2D eigenvalue weighted by molar-refractivity contribution is 0.0380. The third-order valence-corrected chi connectivity index (χ3v) is 9.76. The van der Waals surface area contributed by atoms with Gasteiger partial charge in [-0.05, 0) is 52.3 Å². The van der Waals surface area contributed by atoms with E-state index >= 15 is 0 Å². The van der Waals surface area contributed by atoms with Gasteiger partial charge in [-0.25, -0.2) is 27.5 Å². The lowest BCUT2D eigenvalue weighted by Crippen LogP contribution is -2.62. The molecule has 0 spiro atoms. The highest BCUT2D eigenvalue weighted by atomic mass is 35.5. The largest absolute Gasteiger partial charge is 0.444 e. The van der Waals surface area contributed by atoms with E-state index in [1.807, 2.05) is 0 Å². The van der Waals surface area contributed by atoms with Crippen molar-refractivity contribution < 1.29 is 27.5 Å². The summed E-state index contributed by atoms with van der Waals surface area (Å²) in [6, 6.07) is 6.70. The highest BCUT2D eigenvalue weighted by Crippen LogP contribution is 2.48. The molecule has 200 valence electrons. The fourth-order valence-corrected chi connectivity index (χ4v) is 7.63. The molecule has 11 nitrogen and oxygen atoms in total. The number of amides is 2. The number of aryl methyl sites for hydroxylation is 1. The van der Waals surface area contributed by atoms with E-state index in [0.717, 1.165) is 21.3 Å². The number of anilines is 1. The van der Waals surface area contributed by atoms with Crippen molar-refractivity contribution in [2.24, 2.45) is 4.99 Å². The van der Waals surface area contributed by atoms with Gasteiger partial charge in [0.25, 0.3) is 5.91 Å². The summed E-state index contributed by atoms with van der Waals surface area (Å²) < 4.78 is 39.1. The van der Waals surface area contributed by atoms with Crippen molar-refractivity contribution in [1.82, 2.24) is 14.6 Å². The van der Waals surface area contributed by atoms with Crippen LogP contribution in [-0.4, -0.2) is 66.8 Å². The normalized spacial score (nSPS) is 23.0. The molecule has 14 heteroatoms. The van der Waals surface area contributed by atoms with Gasteiger partial charge in [0.15, 0.2) is 0 Å². The average molecular weight is 570 g/mol. The van der Waals surface area contributed by atoms with Gasteiger partial charge in [0.1, 0.15) is 22.2 Å². The summed E-state index contributed by atoms with van der Waals surface area (Å²) in [6.45, 7) is 6.97. The Balaban J connectivity index is 1.75. The van der Waals surface area contributed by atoms with Crippen LogP contribution in [0.5, 0.6) is 0 Å². The van der Waals surface area contributed by atoms with Crippen LogP contribution in [0.4, 0.5) is 10.6 Å². The van der Waals surface area contributed by atoms with Gasteiger partial charge in [0, 0.05) is 19.3 Å². The molecular weight excluding hydrogens is 542 g/mol. The number of carbonyl (C=O) groups is 2. The topological polar surface area (TPSA) is 139 Å². The van der Waals surface area contributed by atoms with Crippen LogP contribution in [0.2, 0.25) is 5.02 Å². The first-order valence-corrected chi connectivity index (χ1v) is 14.1. The number of guanidine groups is 1. The Kier molecular flexibility index (Phi) is 7.27. The third-order valence-electron chi connectivity index (χ3n) is 5.77. The first-order chi connectivity index (χ1) is 17.2. The van der Waals surface area contributed by atoms with E-state index in [1.165, 1.54) is 13.1 Å². The Morgan fingerprint density at radius 3 is 2.70 bits per heavy atom. The van der Waals surface area contributed by atoms with Crippen molar-refractivity contribution in [3.63, 3.8) is 0 Å². The number of alkyl carbamates (subject to hydrolysis) is 1. The lowest BCUT2D eigenvalue weighted by atomic mass is 9.90. The first kappa shape index (κ1) is 27.3. The average Bonchev–Trinajstić information content (AvgIpc) is 3.19. The number of hydrogen-bond donors (Lipinski definition) is 2. The van der Waals surface area contributed by atoms with E-state index in [9.17, 15) is 18.0 Å². The number of carbonyl (C=O) groups excluding carboxylic acids is 2. The molecule has 0 aliphatic carbocycles. The van der Waals surface area contributed by atoms with Gasteiger partial charge in [0.05, 0.1) is 21.4 Å². The van der Waals surface area contributed by atoms with Gasteiger partial charge in [-0.1, -0.05) is 17.7 Å². The highest BCUT2D eigenvalue weighted by Gasteiger charge is 2.57. The molecule has 0 bridgehead atoms. The predicted molar refractivity (Wildman–Crippen MR) is 141 cm³/mol. The summed E-state index contributed by atoms with van der Waals surface area (Å²) in [4.78, 5) is 35.0. The number of fused-ring (bicyclic) bond motifs is 1. The van der Waals surface area contributed by atoms with Crippen LogP contribution < -0.4 is 10.6 Å². The first-order valence-electron chi connectivity index (χ1n) is 11.4. The maximum Gasteiger partial charge on any atom is 0.414 e. The molecule has 2 aromatic rings. The number of aromatic nitrogens is 1. The smallest absolute Gasteiger partial charge is 0.414 e.